The van der Waals surface area contributed by atoms with Gasteiger partial charge < -0.3 is 0 Å². The van der Waals surface area contributed by atoms with E-state index >= 15 is 0 Å². The molecule has 1 aliphatic rings. The minimum Gasteiger partial charge on any atom is -0.290 e. The summed E-state index contributed by atoms with van der Waals surface area (Å²) < 4.78 is 3.48. The SMILES string of the molecule is C1=CC(c2cn3c(n2)sc2ccccc23)=CCC1. The highest BCUT2D eigenvalue weighted by Crippen LogP contribution is 2.29. The Bertz CT molecular complexity index is 789. The van der Waals surface area contributed by atoms with E-state index in [-0.39, 0.29) is 0 Å². The fourth-order valence-electron chi connectivity index (χ4n) is 2.39. The predicted molar refractivity (Wildman–Crippen MR) is 76.9 cm³/mol. The Balaban J connectivity index is 1.94. The highest BCUT2D eigenvalue weighted by molar-refractivity contribution is 7.23. The van der Waals surface area contributed by atoms with Gasteiger partial charge in [0.15, 0.2) is 4.96 Å². The number of hydrogen-bond donors (Lipinski definition) is 0. The first kappa shape index (κ1) is 10.1. The van der Waals surface area contributed by atoms with Crippen LogP contribution in [-0.2, 0) is 0 Å². The second-order valence-electron chi connectivity index (χ2n) is 4.49. The van der Waals surface area contributed by atoms with Gasteiger partial charge in [0.25, 0.3) is 0 Å². The van der Waals surface area contributed by atoms with Gasteiger partial charge in [0.05, 0.1) is 15.9 Å². The van der Waals surface area contributed by atoms with Crippen LogP contribution in [0, 0.1) is 0 Å². The molecule has 0 spiro atoms. The standard InChI is InChI=1S/C15H12N2S/c1-2-6-11(7-3-1)12-10-17-13-8-4-5-9-14(13)18-15(17)16-12/h2,4-10H,1,3H2. The van der Waals surface area contributed by atoms with Crippen LogP contribution in [0.4, 0.5) is 0 Å². The molecule has 18 heavy (non-hydrogen) atoms. The highest BCUT2D eigenvalue weighted by atomic mass is 32.1. The molecule has 1 aliphatic carbocycles. The maximum Gasteiger partial charge on any atom is 0.195 e. The second kappa shape index (κ2) is 3.82. The highest BCUT2D eigenvalue weighted by Gasteiger charge is 2.10. The zero-order valence-corrected chi connectivity index (χ0v) is 10.7. The van der Waals surface area contributed by atoms with Crippen molar-refractivity contribution in [2.45, 2.75) is 12.8 Å². The first-order chi connectivity index (χ1) is 8.92. The van der Waals surface area contributed by atoms with Gasteiger partial charge in [-0.15, -0.1) is 0 Å². The lowest BCUT2D eigenvalue weighted by atomic mass is 10.1. The Hall–Kier alpha value is -1.87. The Morgan fingerprint density at radius 1 is 1.17 bits per heavy atom. The topological polar surface area (TPSA) is 17.3 Å². The van der Waals surface area contributed by atoms with Crippen LogP contribution in [0.2, 0.25) is 0 Å². The lowest BCUT2D eigenvalue weighted by Crippen LogP contribution is -1.85. The van der Waals surface area contributed by atoms with Gasteiger partial charge in [0.2, 0.25) is 0 Å². The van der Waals surface area contributed by atoms with E-state index in [1.54, 1.807) is 11.3 Å². The molecule has 0 N–H and O–H groups in total. The smallest absolute Gasteiger partial charge is 0.195 e. The zero-order chi connectivity index (χ0) is 11.9. The van der Waals surface area contributed by atoms with Gasteiger partial charge in [0, 0.05) is 6.20 Å². The monoisotopic (exact) mass is 252 g/mol. The molecule has 0 unspecified atom stereocenters. The fourth-order valence-corrected chi connectivity index (χ4v) is 3.40. The van der Waals surface area contributed by atoms with Crippen molar-refractivity contribution < 1.29 is 0 Å². The third-order valence-corrected chi connectivity index (χ3v) is 4.33. The normalized spacial score (nSPS) is 15.4. The first-order valence-electron chi connectivity index (χ1n) is 6.15. The Labute approximate surface area is 109 Å². The summed E-state index contributed by atoms with van der Waals surface area (Å²) >= 11 is 1.75. The van der Waals surface area contributed by atoms with E-state index < -0.39 is 0 Å². The number of rotatable bonds is 1. The van der Waals surface area contributed by atoms with Gasteiger partial charge in [0.1, 0.15) is 0 Å². The molecule has 3 heteroatoms. The molecule has 2 nitrogen and oxygen atoms in total. The van der Waals surface area contributed by atoms with E-state index in [0.29, 0.717) is 0 Å². The van der Waals surface area contributed by atoms with Crippen molar-refractivity contribution in [3.63, 3.8) is 0 Å². The lowest BCUT2D eigenvalue weighted by Gasteiger charge is -2.02. The average molecular weight is 252 g/mol. The van der Waals surface area contributed by atoms with Crippen molar-refractivity contribution in [3.8, 4) is 0 Å². The van der Waals surface area contributed by atoms with Gasteiger partial charge in [-0.25, -0.2) is 4.98 Å². The van der Waals surface area contributed by atoms with E-state index in [2.05, 4.69) is 53.1 Å². The zero-order valence-electron chi connectivity index (χ0n) is 9.84. The fraction of sp³-hybridized carbons (Fsp3) is 0.133. The molecule has 0 aliphatic heterocycles. The minimum atomic E-state index is 1.08. The molecule has 0 saturated carbocycles. The number of thiazole rings is 1. The number of benzene rings is 1. The van der Waals surface area contributed by atoms with Crippen LogP contribution in [0.5, 0.6) is 0 Å². The molecular formula is C15H12N2S. The van der Waals surface area contributed by atoms with Gasteiger partial charge in [-0.2, -0.15) is 0 Å². The summed E-state index contributed by atoms with van der Waals surface area (Å²) in [4.78, 5) is 5.81. The van der Waals surface area contributed by atoms with Crippen LogP contribution in [-0.4, -0.2) is 9.38 Å². The van der Waals surface area contributed by atoms with Crippen LogP contribution in [0.1, 0.15) is 18.5 Å². The van der Waals surface area contributed by atoms with Crippen molar-refractivity contribution in [2.75, 3.05) is 0 Å². The Morgan fingerprint density at radius 3 is 3.00 bits per heavy atom. The van der Waals surface area contributed by atoms with Crippen molar-refractivity contribution in [2.24, 2.45) is 0 Å². The maximum absolute atomic E-state index is 4.74. The van der Waals surface area contributed by atoms with Gasteiger partial charge in [-0.1, -0.05) is 41.7 Å². The summed E-state index contributed by atoms with van der Waals surface area (Å²) in [6, 6.07) is 8.45. The number of hydrogen-bond acceptors (Lipinski definition) is 2. The van der Waals surface area contributed by atoms with E-state index in [4.69, 9.17) is 4.98 Å². The Kier molecular flexibility index (Phi) is 2.14. The lowest BCUT2D eigenvalue weighted by molar-refractivity contribution is 1.04. The van der Waals surface area contributed by atoms with E-state index in [0.717, 1.165) is 23.5 Å². The summed E-state index contributed by atoms with van der Waals surface area (Å²) in [6.45, 7) is 0. The predicted octanol–water partition coefficient (Wildman–Crippen LogP) is 4.28. The molecule has 0 atom stereocenters. The molecule has 0 bridgehead atoms. The number of fused-ring (bicyclic) bond motifs is 3. The summed E-state index contributed by atoms with van der Waals surface area (Å²) in [5, 5.41) is 0. The molecule has 1 aromatic carbocycles. The van der Waals surface area contributed by atoms with Crippen LogP contribution in [0.3, 0.4) is 0 Å². The van der Waals surface area contributed by atoms with E-state index in [1.165, 1.54) is 15.8 Å². The van der Waals surface area contributed by atoms with Gasteiger partial charge in [-0.3, -0.25) is 4.40 Å². The second-order valence-corrected chi connectivity index (χ2v) is 5.50. The van der Waals surface area contributed by atoms with Gasteiger partial charge >= 0.3 is 0 Å². The quantitative estimate of drug-likeness (QED) is 0.631. The first-order valence-corrected chi connectivity index (χ1v) is 6.97. The molecular weight excluding hydrogens is 240 g/mol. The molecule has 0 saturated heterocycles. The average Bonchev–Trinajstić information content (AvgIpc) is 2.97. The van der Waals surface area contributed by atoms with Crippen LogP contribution in [0.25, 0.3) is 20.8 Å². The summed E-state index contributed by atoms with van der Waals surface area (Å²) in [7, 11) is 0. The third kappa shape index (κ3) is 1.44. The maximum atomic E-state index is 4.74. The van der Waals surface area contributed by atoms with Crippen molar-refractivity contribution in [3.05, 3.63) is 54.4 Å². The molecule has 4 rings (SSSR count). The van der Waals surface area contributed by atoms with Crippen LogP contribution >= 0.6 is 11.3 Å². The third-order valence-electron chi connectivity index (χ3n) is 3.29. The molecule has 88 valence electrons. The van der Waals surface area contributed by atoms with Crippen LogP contribution < -0.4 is 0 Å². The molecule has 2 aromatic heterocycles. The number of aromatic nitrogens is 2. The van der Waals surface area contributed by atoms with E-state index in [1.807, 2.05) is 0 Å². The summed E-state index contributed by atoms with van der Waals surface area (Å²) in [5.74, 6) is 0. The molecule has 3 aromatic rings. The van der Waals surface area contributed by atoms with Gasteiger partial charge in [-0.05, 0) is 30.5 Å². The molecule has 2 heterocycles. The molecule has 0 fully saturated rings. The van der Waals surface area contributed by atoms with Crippen molar-refractivity contribution in [1.82, 2.24) is 9.38 Å². The molecule has 0 amide bonds. The summed E-state index contributed by atoms with van der Waals surface area (Å²) in [6.07, 6.45) is 11.1. The van der Waals surface area contributed by atoms with Crippen LogP contribution in [0.15, 0.2) is 48.7 Å². The molecule has 0 radical (unpaired) electrons. The van der Waals surface area contributed by atoms with E-state index in [9.17, 15) is 0 Å². The largest absolute Gasteiger partial charge is 0.290 e. The summed E-state index contributed by atoms with van der Waals surface area (Å²) in [5.41, 5.74) is 3.58. The number of allylic oxidation sites excluding steroid dienone is 4. The minimum absolute atomic E-state index is 1.08. The number of imidazole rings is 1. The number of para-hydroxylation sites is 1. The van der Waals surface area contributed by atoms with Crippen molar-refractivity contribution >= 4 is 32.1 Å². The van der Waals surface area contributed by atoms with Crippen molar-refractivity contribution in [1.29, 1.82) is 0 Å². The Morgan fingerprint density at radius 2 is 2.11 bits per heavy atom. The number of nitrogens with zero attached hydrogens (tertiary/aromatic N) is 2.